The van der Waals surface area contributed by atoms with E-state index in [-0.39, 0.29) is 12.6 Å². The van der Waals surface area contributed by atoms with E-state index >= 15 is 0 Å². The number of rotatable bonds is 5. The first-order valence-electron chi connectivity index (χ1n) is 8.41. The van der Waals surface area contributed by atoms with Crippen molar-refractivity contribution < 1.29 is 9.90 Å². The molecule has 1 aliphatic carbocycles. The molecule has 1 saturated carbocycles. The van der Waals surface area contributed by atoms with Gasteiger partial charge in [0.15, 0.2) is 0 Å². The van der Waals surface area contributed by atoms with Crippen LogP contribution in [0.15, 0.2) is 29.8 Å². The van der Waals surface area contributed by atoms with Gasteiger partial charge in [0.05, 0.1) is 18.8 Å². The highest BCUT2D eigenvalue weighted by Gasteiger charge is 2.25. The second-order valence-electron chi connectivity index (χ2n) is 6.51. The number of nitrogens with zero attached hydrogens (tertiary/aromatic N) is 2. The molecule has 1 fully saturated rings. The first-order valence-corrected chi connectivity index (χ1v) is 9.29. The monoisotopic (exact) mass is 348 g/mol. The molecule has 0 saturated heterocycles. The summed E-state index contributed by atoms with van der Waals surface area (Å²) in [6, 6.07) is 5.59. The van der Waals surface area contributed by atoms with Crippen LogP contribution in [-0.4, -0.2) is 27.5 Å². The normalized spacial score (nSPS) is 18.1. The number of aliphatic hydroxyl groups is 1. The second kappa shape index (κ2) is 7.36. The Labute approximate surface area is 145 Å². The molecule has 2 heterocycles. The Bertz CT molecular complexity index is 660. The minimum absolute atomic E-state index is 0.150. The summed E-state index contributed by atoms with van der Waals surface area (Å²) in [5, 5.41) is 22.3. The van der Waals surface area contributed by atoms with Crippen LogP contribution in [0.3, 0.4) is 0 Å². The van der Waals surface area contributed by atoms with Gasteiger partial charge in [-0.2, -0.15) is 5.10 Å². The molecule has 24 heavy (non-hydrogen) atoms. The van der Waals surface area contributed by atoms with Crippen molar-refractivity contribution >= 4 is 23.2 Å². The van der Waals surface area contributed by atoms with E-state index in [1.54, 1.807) is 13.1 Å². The molecule has 0 radical (unpaired) electrons. The van der Waals surface area contributed by atoms with Gasteiger partial charge in [0.25, 0.3) is 0 Å². The molecule has 3 N–H and O–H groups in total. The van der Waals surface area contributed by atoms with Crippen LogP contribution in [0, 0.1) is 0 Å². The lowest BCUT2D eigenvalue weighted by atomic mass is 9.96. The van der Waals surface area contributed by atoms with Gasteiger partial charge in [0.2, 0.25) is 0 Å². The molecule has 6 nitrogen and oxygen atoms in total. The lowest BCUT2D eigenvalue weighted by Crippen LogP contribution is -2.40. The predicted octanol–water partition coefficient (Wildman–Crippen LogP) is 3.48. The fraction of sp³-hybridized carbons (Fsp3) is 0.529. The maximum atomic E-state index is 12.2. The van der Waals surface area contributed by atoms with E-state index < -0.39 is 5.60 Å². The first-order chi connectivity index (χ1) is 11.6. The minimum atomic E-state index is -1.07. The SMILES string of the molecule is C[C@@](O)(CNC(=O)Nc1ccnn1C1CCCCC1)c1cccs1. The molecular formula is C17H24N4O2S. The predicted molar refractivity (Wildman–Crippen MR) is 95.3 cm³/mol. The number of carbonyl (C=O) groups excluding carboxylic acids is 1. The lowest BCUT2D eigenvalue weighted by molar-refractivity contribution is 0.0637. The fourth-order valence-corrected chi connectivity index (χ4v) is 3.90. The molecule has 2 aromatic heterocycles. The van der Waals surface area contributed by atoms with E-state index in [0.29, 0.717) is 11.9 Å². The van der Waals surface area contributed by atoms with Gasteiger partial charge in [0, 0.05) is 10.9 Å². The maximum absolute atomic E-state index is 12.2. The number of anilines is 1. The molecule has 0 spiro atoms. The number of hydrogen-bond donors (Lipinski definition) is 3. The summed E-state index contributed by atoms with van der Waals surface area (Å²) in [7, 11) is 0. The van der Waals surface area contributed by atoms with Crippen LogP contribution >= 0.6 is 11.3 Å². The van der Waals surface area contributed by atoms with E-state index in [2.05, 4.69) is 15.7 Å². The van der Waals surface area contributed by atoms with E-state index in [0.717, 1.165) is 17.7 Å². The van der Waals surface area contributed by atoms with Crippen LogP contribution in [0.1, 0.15) is 49.9 Å². The summed E-state index contributed by atoms with van der Waals surface area (Å²) in [6.45, 7) is 1.85. The molecule has 2 amide bonds. The zero-order valence-electron chi connectivity index (χ0n) is 13.9. The van der Waals surface area contributed by atoms with Crippen LogP contribution in [0.25, 0.3) is 0 Å². The fourth-order valence-electron chi connectivity index (χ4n) is 3.11. The molecule has 0 aliphatic heterocycles. The van der Waals surface area contributed by atoms with Gasteiger partial charge < -0.3 is 10.4 Å². The summed E-state index contributed by atoms with van der Waals surface area (Å²) in [4.78, 5) is 13.0. The molecular weight excluding hydrogens is 324 g/mol. The van der Waals surface area contributed by atoms with Crippen LogP contribution in [-0.2, 0) is 5.60 Å². The van der Waals surface area contributed by atoms with Gasteiger partial charge >= 0.3 is 6.03 Å². The Kier molecular flexibility index (Phi) is 5.20. The van der Waals surface area contributed by atoms with Crippen molar-refractivity contribution in [2.24, 2.45) is 0 Å². The molecule has 1 atom stereocenters. The van der Waals surface area contributed by atoms with E-state index in [1.807, 2.05) is 28.3 Å². The summed E-state index contributed by atoms with van der Waals surface area (Å²) >= 11 is 1.47. The Morgan fingerprint density at radius 3 is 2.92 bits per heavy atom. The highest BCUT2D eigenvalue weighted by Crippen LogP contribution is 2.30. The maximum Gasteiger partial charge on any atom is 0.320 e. The average Bonchev–Trinajstić information content (AvgIpc) is 3.26. The van der Waals surface area contributed by atoms with Crippen LogP contribution in [0.2, 0.25) is 0 Å². The molecule has 2 aromatic rings. The molecule has 7 heteroatoms. The van der Waals surface area contributed by atoms with Crippen molar-refractivity contribution in [2.75, 3.05) is 11.9 Å². The Balaban J connectivity index is 1.57. The highest BCUT2D eigenvalue weighted by molar-refractivity contribution is 7.10. The molecule has 0 aromatic carbocycles. The zero-order valence-corrected chi connectivity index (χ0v) is 14.7. The van der Waals surface area contributed by atoms with E-state index in [1.165, 1.54) is 30.6 Å². The summed E-state index contributed by atoms with van der Waals surface area (Å²) in [6.07, 6.45) is 7.61. The standard InChI is InChI=1S/C17H24N4O2S/c1-17(23,14-8-5-11-24-14)12-18-16(22)20-15-9-10-19-21(15)13-6-3-2-4-7-13/h5,8-11,13,23H,2-4,6-7,12H2,1H3,(H2,18,20,22)/t17-/m1/s1. The van der Waals surface area contributed by atoms with E-state index in [9.17, 15) is 9.90 Å². The van der Waals surface area contributed by atoms with Gasteiger partial charge in [0.1, 0.15) is 11.4 Å². The third kappa shape index (κ3) is 3.96. The Morgan fingerprint density at radius 1 is 1.42 bits per heavy atom. The summed E-state index contributed by atoms with van der Waals surface area (Å²) in [5.74, 6) is 0.704. The van der Waals surface area contributed by atoms with E-state index in [4.69, 9.17) is 0 Å². The number of urea groups is 1. The van der Waals surface area contributed by atoms with Crippen molar-refractivity contribution in [3.8, 4) is 0 Å². The van der Waals surface area contributed by atoms with Crippen molar-refractivity contribution in [1.29, 1.82) is 0 Å². The largest absolute Gasteiger partial charge is 0.383 e. The van der Waals surface area contributed by atoms with Crippen LogP contribution in [0.5, 0.6) is 0 Å². The summed E-state index contributed by atoms with van der Waals surface area (Å²) < 4.78 is 1.91. The highest BCUT2D eigenvalue weighted by atomic mass is 32.1. The van der Waals surface area contributed by atoms with Crippen molar-refractivity contribution in [3.63, 3.8) is 0 Å². The number of nitrogens with one attached hydrogen (secondary N) is 2. The number of hydrogen-bond acceptors (Lipinski definition) is 4. The number of carbonyl (C=O) groups is 1. The van der Waals surface area contributed by atoms with Crippen molar-refractivity contribution in [3.05, 3.63) is 34.7 Å². The van der Waals surface area contributed by atoms with Gasteiger partial charge in [-0.15, -0.1) is 11.3 Å². The Hall–Kier alpha value is -1.86. The average molecular weight is 348 g/mol. The minimum Gasteiger partial charge on any atom is -0.383 e. The van der Waals surface area contributed by atoms with Gasteiger partial charge in [-0.25, -0.2) is 9.48 Å². The Morgan fingerprint density at radius 2 is 2.21 bits per heavy atom. The molecule has 0 bridgehead atoms. The number of aromatic nitrogens is 2. The molecule has 1 aliphatic rings. The molecule has 130 valence electrons. The van der Waals surface area contributed by atoms with Gasteiger partial charge in [-0.05, 0) is 31.2 Å². The van der Waals surface area contributed by atoms with Crippen LogP contribution in [0.4, 0.5) is 10.6 Å². The third-order valence-corrected chi connectivity index (χ3v) is 5.60. The topological polar surface area (TPSA) is 79.2 Å². The number of amides is 2. The molecule has 3 rings (SSSR count). The second-order valence-corrected chi connectivity index (χ2v) is 7.46. The van der Waals surface area contributed by atoms with Crippen LogP contribution < -0.4 is 10.6 Å². The quantitative estimate of drug-likeness (QED) is 0.774. The van der Waals surface area contributed by atoms with Gasteiger partial charge in [-0.3, -0.25) is 5.32 Å². The number of thiophene rings is 1. The summed E-state index contributed by atoms with van der Waals surface area (Å²) in [5.41, 5.74) is -1.07. The van der Waals surface area contributed by atoms with Crippen molar-refractivity contribution in [1.82, 2.24) is 15.1 Å². The smallest absolute Gasteiger partial charge is 0.320 e. The molecule has 0 unspecified atom stereocenters. The first kappa shape index (κ1) is 17.0. The third-order valence-electron chi connectivity index (χ3n) is 4.48. The van der Waals surface area contributed by atoms with Gasteiger partial charge in [-0.1, -0.05) is 25.3 Å². The lowest BCUT2D eigenvalue weighted by Gasteiger charge is -2.25. The van der Waals surface area contributed by atoms with Crippen molar-refractivity contribution in [2.45, 2.75) is 50.7 Å². The zero-order chi connectivity index (χ0) is 17.0.